The Kier molecular flexibility index (Phi) is 3.75. The highest BCUT2D eigenvalue weighted by molar-refractivity contribution is 6.16. The van der Waals surface area contributed by atoms with Gasteiger partial charge in [-0.3, -0.25) is 4.79 Å². The van der Waals surface area contributed by atoms with Gasteiger partial charge in [-0.25, -0.2) is 4.79 Å². The third-order valence-electron chi connectivity index (χ3n) is 2.88. The summed E-state index contributed by atoms with van der Waals surface area (Å²) in [5.41, 5.74) is -2.18. The summed E-state index contributed by atoms with van der Waals surface area (Å²) in [5, 5.41) is 10.9. The molecule has 0 radical (unpaired) electrons. The first-order valence-corrected chi connectivity index (χ1v) is 6.84. The molecule has 9 heteroatoms. The average Bonchev–Trinajstić information content (AvgIpc) is 2.36. The Morgan fingerprint density at radius 3 is 2.52 bits per heavy atom. The zero-order chi connectivity index (χ0) is 17.6. The van der Waals surface area contributed by atoms with Gasteiger partial charge in [0.15, 0.2) is 11.4 Å². The minimum atomic E-state index is -1.33. The first-order chi connectivity index (χ1) is 10.4. The molecule has 0 spiro atoms. The number of carbonyl (C=O) groups excluding carboxylic acids is 2. The van der Waals surface area contributed by atoms with Crippen molar-refractivity contribution in [3.05, 3.63) is 22.2 Å². The van der Waals surface area contributed by atoms with Crippen LogP contribution in [0.3, 0.4) is 0 Å². The van der Waals surface area contributed by atoms with Gasteiger partial charge in [-0.2, -0.15) is 4.90 Å². The van der Waals surface area contributed by atoms with Crippen LogP contribution in [0.1, 0.15) is 34.6 Å². The van der Waals surface area contributed by atoms with E-state index in [9.17, 15) is 19.7 Å². The molecule has 1 aromatic heterocycles. The number of hydrogen-bond donors (Lipinski definition) is 0. The number of nitro groups is 1. The number of amides is 2. The van der Waals surface area contributed by atoms with E-state index in [-0.39, 0.29) is 11.6 Å². The molecule has 0 atom stereocenters. The Labute approximate surface area is 132 Å². The van der Waals surface area contributed by atoms with Crippen LogP contribution in [0.5, 0.6) is 5.75 Å². The largest absolute Gasteiger partial charge is 0.472 e. The molecule has 2 amide bonds. The highest BCUT2D eigenvalue weighted by Gasteiger charge is 2.48. The fraction of sp³-hybridized carbons (Fsp3) is 0.500. The van der Waals surface area contributed by atoms with Crippen molar-refractivity contribution in [1.82, 2.24) is 4.98 Å². The first kappa shape index (κ1) is 16.7. The number of fused-ring (bicyclic) bond motifs is 1. The number of imide groups is 1. The molecule has 23 heavy (non-hydrogen) atoms. The van der Waals surface area contributed by atoms with Gasteiger partial charge < -0.3 is 19.6 Å². The number of hydrogen-bond acceptors (Lipinski definition) is 7. The molecule has 0 aromatic carbocycles. The zero-order valence-corrected chi connectivity index (χ0v) is 13.4. The molecule has 0 saturated heterocycles. The minimum Gasteiger partial charge on any atom is -0.472 e. The molecule has 0 bridgehead atoms. The van der Waals surface area contributed by atoms with Gasteiger partial charge in [-0.05, 0) is 50.6 Å². The van der Waals surface area contributed by atoms with E-state index in [4.69, 9.17) is 9.47 Å². The van der Waals surface area contributed by atoms with Gasteiger partial charge in [-0.1, -0.05) is 0 Å². The smallest absolute Gasteiger partial charge is 0.424 e. The molecule has 2 rings (SSSR count). The molecule has 1 aliphatic heterocycles. The summed E-state index contributed by atoms with van der Waals surface area (Å²) in [6.45, 7) is 7.89. The highest BCUT2D eigenvalue weighted by atomic mass is 16.6. The standard InChI is InChI=1S/C14H17N3O6/c1-13(2,3)23-12(19)16-10-8(22-14(4,5)11(16)18)6-7-9(15-10)17(20)21/h6-7H,1-5H3. The van der Waals surface area contributed by atoms with Crippen LogP contribution in [0.15, 0.2) is 12.1 Å². The number of nitrogens with zero attached hydrogens (tertiary/aromatic N) is 3. The quantitative estimate of drug-likeness (QED) is 0.576. The van der Waals surface area contributed by atoms with Crippen molar-refractivity contribution in [1.29, 1.82) is 0 Å². The fourth-order valence-corrected chi connectivity index (χ4v) is 1.93. The van der Waals surface area contributed by atoms with Crippen molar-refractivity contribution in [3.8, 4) is 5.75 Å². The van der Waals surface area contributed by atoms with Crippen LogP contribution in [0, 0.1) is 10.1 Å². The van der Waals surface area contributed by atoms with E-state index in [2.05, 4.69) is 4.98 Å². The van der Waals surface area contributed by atoms with Gasteiger partial charge in [0.05, 0.1) is 0 Å². The van der Waals surface area contributed by atoms with E-state index < -0.39 is 33.9 Å². The highest BCUT2D eigenvalue weighted by Crippen LogP contribution is 2.38. The van der Waals surface area contributed by atoms with Crippen LogP contribution >= 0.6 is 0 Å². The summed E-state index contributed by atoms with van der Waals surface area (Å²) in [4.78, 5) is 39.5. The monoisotopic (exact) mass is 323 g/mol. The maximum Gasteiger partial charge on any atom is 0.424 e. The SMILES string of the molecule is CC(C)(C)OC(=O)N1C(=O)C(C)(C)Oc2ccc([N+](=O)[O-])nc21. The van der Waals surface area contributed by atoms with Crippen LogP contribution in [0.2, 0.25) is 0 Å². The summed E-state index contributed by atoms with van der Waals surface area (Å²) in [7, 11) is 0. The number of aromatic nitrogens is 1. The number of carbonyl (C=O) groups is 2. The summed E-state index contributed by atoms with van der Waals surface area (Å²) < 4.78 is 10.7. The van der Waals surface area contributed by atoms with Gasteiger partial charge >= 0.3 is 17.7 Å². The third kappa shape index (κ3) is 3.22. The maximum absolute atomic E-state index is 12.5. The van der Waals surface area contributed by atoms with E-state index >= 15 is 0 Å². The van der Waals surface area contributed by atoms with Gasteiger partial charge in [0.25, 0.3) is 5.91 Å². The van der Waals surface area contributed by atoms with Crippen LogP contribution in [-0.4, -0.2) is 33.1 Å². The number of rotatable bonds is 1. The summed E-state index contributed by atoms with van der Waals surface area (Å²) in [5.74, 6) is -1.38. The topological polar surface area (TPSA) is 112 Å². The minimum absolute atomic E-state index is 0.0889. The Morgan fingerprint density at radius 2 is 2.00 bits per heavy atom. The lowest BCUT2D eigenvalue weighted by Gasteiger charge is -2.35. The molecular weight excluding hydrogens is 306 g/mol. The van der Waals surface area contributed by atoms with Crippen molar-refractivity contribution in [2.75, 3.05) is 4.90 Å². The molecule has 0 aliphatic carbocycles. The summed E-state index contributed by atoms with van der Waals surface area (Å²) >= 11 is 0. The van der Waals surface area contributed by atoms with Crippen molar-refractivity contribution in [2.24, 2.45) is 0 Å². The van der Waals surface area contributed by atoms with Gasteiger partial charge in [-0.15, -0.1) is 0 Å². The molecule has 0 N–H and O–H groups in total. The molecule has 1 aromatic rings. The fourth-order valence-electron chi connectivity index (χ4n) is 1.93. The van der Waals surface area contributed by atoms with Crippen LogP contribution in [-0.2, 0) is 9.53 Å². The van der Waals surface area contributed by atoms with Crippen molar-refractivity contribution in [3.63, 3.8) is 0 Å². The van der Waals surface area contributed by atoms with Crippen LogP contribution in [0.4, 0.5) is 16.4 Å². The number of anilines is 1. The van der Waals surface area contributed by atoms with Crippen molar-refractivity contribution in [2.45, 2.75) is 45.8 Å². The molecule has 0 saturated carbocycles. The predicted molar refractivity (Wildman–Crippen MR) is 79.3 cm³/mol. The maximum atomic E-state index is 12.5. The summed E-state index contributed by atoms with van der Waals surface area (Å²) in [6, 6.07) is 2.43. The Hall–Kier alpha value is -2.71. The van der Waals surface area contributed by atoms with E-state index in [1.54, 1.807) is 20.8 Å². The van der Waals surface area contributed by atoms with Gasteiger partial charge in [0, 0.05) is 6.07 Å². The summed E-state index contributed by atoms with van der Waals surface area (Å²) in [6.07, 6.45) is -0.965. The molecule has 2 heterocycles. The average molecular weight is 323 g/mol. The number of ether oxygens (including phenoxy) is 2. The first-order valence-electron chi connectivity index (χ1n) is 6.84. The molecule has 9 nitrogen and oxygen atoms in total. The van der Waals surface area contributed by atoms with E-state index in [1.807, 2.05) is 0 Å². The normalized spacial score (nSPS) is 16.4. The van der Waals surface area contributed by atoms with Crippen LogP contribution < -0.4 is 9.64 Å². The molecule has 1 aliphatic rings. The molecule has 124 valence electrons. The second kappa shape index (κ2) is 5.18. The lowest BCUT2D eigenvalue weighted by atomic mass is 10.1. The Bertz CT molecular complexity index is 692. The van der Waals surface area contributed by atoms with Gasteiger partial charge in [0.1, 0.15) is 5.60 Å². The van der Waals surface area contributed by atoms with Crippen molar-refractivity contribution >= 4 is 23.6 Å². The van der Waals surface area contributed by atoms with E-state index in [1.165, 1.54) is 19.9 Å². The van der Waals surface area contributed by atoms with Crippen LogP contribution in [0.25, 0.3) is 0 Å². The molecular formula is C14H17N3O6. The zero-order valence-electron chi connectivity index (χ0n) is 13.4. The Balaban J connectivity index is 2.55. The van der Waals surface area contributed by atoms with Gasteiger partial charge in [0.2, 0.25) is 0 Å². The number of pyridine rings is 1. The second-order valence-corrected chi connectivity index (χ2v) is 6.48. The molecule has 0 fully saturated rings. The van der Waals surface area contributed by atoms with E-state index in [0.29, 0.717) is 4.90 Å². The Morgan fingerprint density at radius 1 is 1.39 bits per heavy atom. The van der Waals surface area contributed by atoms with E-state index in [0.717, 1.165) is 6.07 Å². The lowest BCUT2D eigenvalue weighted by Crippen LogP contribution is -2.56. The van der Waals surface area contributed by atoms with Crippen molar-refractivity contribution < 1.29 is 24.0 Å². The second-order valence-electron chi connectivity index (χ2n) is 6.48. The molecule has 0 unspecified atom stereocenters. The third-order valence-corrected chi connectivity index (χ3v) is 2.88. The predicted octanol–water partition coefficient (Wildman–Crippen LogP) is 2.43. The lowest BCUT2D eigenvalue weighted by molar-refractivity contribution is -0.389.